The van der Waals surface area contributed by atoms with E-state index in [1.165, 1.54) is 24.3 Å². The number of ether oxygens (including phenoxy) is 1. The highest BCUT2D eigenvalue weighted by Crippen LogP contribution is 2.19. The lowest BCUT2D eigenvalue weighted by Crippen LogP contribution is -2.18. The quantitative estimate of drug-likeness (QED) is 0.359. The van der Waals surface area contributed by atoms with E-state index in [-0.39, 0.29) is 11.8 Å². The average Bonchev–Trinajstić information content (AvgIpc) is 2.53. The fourth-order valence-corrected chi connectivity index (χ4v) is 2.53. The fraction of sp³-hybridized carbons (Fsp3) is 0.471. The number of non-ortho nitro benzene ring substituents is 1. The van der Waals surface area contributed by atoms with Gasteiger partial charge in [0.05, 0.1) is 10.5 Å². The Morgan fingerprint density at radius 2 is 1.68 bits per heavy atom. The second-order valence-corrected chi connectivity index (χ2v) is 5.52. The molecular formula is C17H21NO4. The number of hydrogen-bond donors (Lipinski definition) is 0. The number of esters is 1. The van der Waals surface area contributed by atoms with Gasteiger partial charge in [-0.1, -0.05) is 12.2 Å². The number of carbonyl (C=O) groups excluding carboxylic acids is 1. The molecule has 0 bridgehead atoms. The molecule has 0 amide bonds. The minimum Gasteiger partial charge on any atom is -0.459 e. The molecule has 1 aliphatic rings. The number of allylic oxidation sites excluding steroid dienone is 2. The van der Waals surface area contributed by atoms with Gasteiger partial charge in [-0.25, -0.2) is 4.79 Å². The van der Waals surface area contributed by atoms with Gasteiger partial charge >= 0.3 is 5.97 Å². The van der Waals surface area contributed by atoms with Crippen LogP contribution in [0.2, 0.25) is 0 Å². The SMILES string of the molecule is O=C(O[C@H]1CCC/C=C/CCCC1)c1ccc([N+](=O)[O-])cc1. The molecule has 0 unspecified atom stereocenters. The molecule has 0 aliphatic heterocycles. The van der Waals surface area contributed by atoms with Gasteiger partial charge in [0.25, 0.3) is 5.69 Å². The van der Waals surface area contributed by atoms with Crippen molar-refractivity contribution in [2.24, 2.45) is 0 Å². The largest absolute Gasteiger partial charge is 0.459 e. The van der Waals surface area contributed by atoms with Crippen LogP contribution in [0.3, 0.4) is 0 Å². The van der Waals surface area contributed by atoms with Crippen molar-refractivity contribution in [1.29, 1.82) is 0 Å². The summed E-state index contributed by atoms with van der Waals surface area (Å²) in [5.74, 6) is -0.396. The molecule has 22 heavy (non-hydrogen) atoms. The minimum absolute atomic E-state index is 0.0259. The summed E-state index contributed by atoms with van der Waals surface area (Å²) >= 11 is 0. The van der Waals surface area contributed by atoms with Crippen molar-refractivity contribution < 1.29 is 14.5 Å². The minimum atomic E-state index is -0.482. The van der Waals surface area contributed by atoms with Crippen LogP contribution in [0.25, 0.3) is 0 Å². The summed E-state index contributed by atoms with van der Waals surface area (Å²) in [4.78, 5) is 22.3. The van der Waals surface area contributed by atoms with Crippen LogP contribution in [0.15, 0.2) is 36.4 Å². The van der Waals surface area contributed by atoms with Gasteiger partial charge in [-0.2, -0.15) is 0 Å². The highest BCUT2D eigenvalue weighted by Gasteiger charge is 2.17. The summed E-state index contributed by atoms with van der Waals surface area (Å²) in [6.07, 6.45) is 11.4. The first kappa shape index (κ1) is 16.2. The summed E-state index contributed by atoms with van der Waals surface area (Å²) in [7, 11) is 0. The third-order valence-electron chi connectivity index (χ3n) is 3.80. The number of nitrogens with zero attached hydrogens (tertiary/aromatic N) is 1. The Bertz CT molecular complexity index is 536. The number of rotatable bonds is 3. The summed E-state index contributed by atoms with van der Waals surface area (Å²) in [5, 5.41) is 10.6. The Morgan fingerprint density at radius 1 is 1.05 bits per heavy atom. The van der Waals surface area contributed by atoms with E-state index in [0.29, 0.717) is 5.56 Å². The van der Waals surface area contributed by atoms with Crippen molar-refractivity contribution in [2.45, 2.75) is 51.0 Å². The molecule has 1 atom stereocenters. The normalized spacial score (nSPS) is 20.8. The van der Waals surface area contributed by atoms with Crippen LogP contribution in [0.5, 0.6) is 0 Å². The molecule has 0 heterocycles. The number of benzene rings is 1. The van der Waals surface area contributed by atoms with E-state index in [1.54, 1.807) is 0 Å². The monoisotopic (exact) mass is 303 g/mol. The molecule has 2 rings (SSSR count). The first-order chi connectivity index (χ1) is 10.7. The lowest BCUT2D eigenvalue weighted by molar-refractivity contribution is -0.384. The third-order valence-corrected chi connectivity index (χ3v) is 3.80. The predicted octanol–water partition coefficient (Wildman–Crippen LogP) is 4.42. The van der Waals surface area contributed by atoms with Crippen LogP contribution in [-0.4, -0.2) is 17.0 Å². The van der Waals surface area contributed by atoms with Crippen molar-refractivity contribution in [3.8, 4) is 0 Å². The predicted molar refractivity (Wildman–Crippen MR) is 83.8 cm³/mol. The molecule has 0 spiro atoms. The molecule has 1 aliphatic carbocycles. The second kappa shape index (κ2) is 8.32. The Labute approximate surface area is 130 Å². The zero-order valence-electron chi connectivity index (χ0n) is 12.6. The van der Waals surface area contributed by atoms with Crippen molar-refractivity contribution in [2.75, 3.05) is 0 Å². The van der Waals surface area contributed by atoms with E-state index in [0.717, 1.165) is 44.9 Å². The number of nitro benzene ring substituents is 1. The van der Waals surface area contributed by atoms with Crippen LogP contribution < -0.4 is 0 Å². The summed E-state index contributed by atoms with van der Waals surface area (Å²) in [6.45, 7) is 0. The molecule has 118 valence electrons. The van der Waals surface area contributed by atoms with Gasteiger partial charge in [0.1, 0.15) is 6.10 Å². The van der Waals surface area contributed by atoms with Gasteiger partial charge in [0, 0.05) is 12.1 Å². The lowest BCUT2D eigenvalue weighted by atomic mass is 10.0. The Morgan fingerprint density at radius 3 is 2.36 bits per heavy atom. The smallest absolute Gasteiger partial charge is 0.338 e. The molecule has 1 aromatic carbocycles. The molecule has 1 aromatic rings. The van der Waals surface area contributed by atoms with E-state index >= 15 is 0 Å². The van der Waals surface area contributed by atoms with Crippen LogP contribution in [0, 0.1) is 10.1 Å². The maximum atomic E-state index is 12.1. The first-order valence-electron chi connectivity index (χ1n) is 7.77. The Kier molecular flexibility index (Phi) is 6.13. The molecular weight excluding hydrogens is 282 g/mol. The maximum Gasteiger partial charge on any atom is 0.338 e. The first-order valence-corrected chi connectivity index (χ1v) is 7.77. The van der Waals surface area contributed by atoms with Crippen molar-refractivity contribution >= 4 is 11.7 Å². The van der Waals surface area contributed by atoms with E-state index in [1.807, 2.05) is 0 Å². The van der Waals surface area contributed by atoms with E-state index in [2.05, 4.69) is 12.2 Å². The van der Waals surface area contributed by atoms with E-state index in [9.17, 15) is 14.9 Å². The lowest BCUT2D eigenvalue weighted by Gasteiger charge is -2.18. The van der Waals surface area contributed by atoms with Crippen molar-refractivity contribution in [3.05, 3.63) is 52.1 Å². The molecule has 5 nitrogen and oxygen atoms in total. The van der Waals surface area contributed by atoms with E-state index in [4.69, 9.17) is 4.74 Å². The van der Waals surface area contributed by atoms with Gasteiger partial charge in [-0.05, 0) is 57.1 Å². The highest BCUT2D eigenvalue weighted by atomic mass is 16.6. The topological polar surface area (TPSA) is 69.4 Å². The summed E-state index contributed by atoms with van der Waals surface area (Å²) in [6, 6.07) is 5.55. The van der Waals surface area contributed by atoms with E-state index < -0.39 is 10.9 Å². The van der Waals surface area contributed by atoms with Crippen LogP contribution in [0.1, 0.15) is 55.3 Å². The molecule has 0 radical (unpaired) electrons. The fourth-order valence-electron chi connectivity index (χ4n) is 2.53. The summed E-state index contributed by atoms with van der Waals surface area (Å²) < 4.78 is 5.58. The maximum absolute atomic E-state index is 12.1. The van der Waals surface area contributed by atoms with Crippen LogP contribution >= 0.6 is 0 Å². The van der Waals surface area contributed by atoms with Gasteiger partial charge < -0.3 is 4.74 Å². The van der Waals surface area contributed by atoms with Gasteiger partial charge in [0.2, 0.25) is 0 Å². The van der Waals surface area contributed by atoms with Gasteiger partial charge in [-0.3, -0.25) is 10.1 Å². The molecule has 5 heteroatoms. The standard InChI is InChI=1S/C17H21NO4/c19-17(14-10-12-15(13-11-14)18(20)21)22-16-8-6-4-2-1-3-5-7-9-16/h1-2,10-13,16H,3-9H2/b2-1+/t16-/m0/s1. The third kappa shape index (κ3) is 4.98. The Hall–Kier alpha value is -2.17. The number of nitro groups is 1. The highest BCUT2D eigenvalue weighted by molar-refractivity contribution is 5.89. The van der Waals surface area contributed by atoms with Crippen LogP contribution in [-0.2, 0) is 4.74 Å². The zero-order chi connectivity index (χ0) is 15.8. The van der Waals surface area contributed by atoms with Crippen molar-refractivity contribution in [3.63, 3.8) is 0 Å². The number of carbonyl (C=O) groups is 1. The van der Waals surface area contributed by atoms with Crippen molar-refractivity contribution in [1.82, 2.24) is 0 Å². The molecule has 0 N–H and O–H groups in total. The summed E-state index contributed by atoms with van der Waals surface area (Å²) in [5.41, 5.74) is 0.338. The molecule has 0 fully saturated rings. The second-order valence-electron chi connectivity index (χ2n) is 5.52. The Balaban J connectivity index is 1.93. The van der Waals surface area contributed by atoms with Gasteiger partial charge in [0.15, 0.2) is 0 Å². The molecule has 0 saturated carbocycles. The average molecular weight is 303 g/mol. The molecule has 0 saturated heterocycles. The molecule has 0 aromatic heterocycles. The van der Waals surface area contributed by atoms with Gasteiger partial charge in [-0.15, -0.1) is 0 Å². The number of hydrogen-bond acceptors (Lipinski definition) is 4. The zero-order valence-corrected chi connectivity index (χ0v) is 12.6. The van der Waals surface area contributed by atoms with Crippen LogP contribution in [0.4, 0.5) is 5.69 Å².